The number of carbonyl (C=O) groups is 1. The van der Waals surface area contributed by atoms with E-state index in [1.165, 1.54) is 0 Å². The number of aromatic nitrogens is 1. The standard InChI is InChI=1S/C12H10ClN3O/c13-9-3-1-2-7(4-9)8-5-10(12(15)17)11(14)16-6-8/h1-6H,(H2,14,16)(H2,15,17). The topological polar surface area (TPSA) is 82.0 Å². The van der Waals surface area contributed by atoms with Crippen LogP contribution in [0.25, 0.3) is 11.1 Å². The number of rotatable bonds is 2. The molecule has 5 heteroatoms. The second-order valence-electron chi connectivity index (χ2n) is 3.53. The van der Waals surface area contributed by atoms with Gasteiger partial charge in [-0.2, -0.15) is 0 Å². The van der Waals surface area contributed by atoms with E-state index in [9.17, 15) is 4.79 Å². The molecule has 4 N–H and O–H groups in total. The van der Waals surface area contributed by atoms with Gasteiger partial charge in [0, 0.05) is 16.8 Å². The summed E-state index contributed by atoms with van der Waals surface area (Å²) in [6, 6.07) is 8.84. The lowest BCUT2D eigenvalue weighted by atomic mass is 10.1. The molecule has 0 spiro atoms. The molecule has 0 bridgehead atoms. The first-order chi connectivity index (χ1) is 8.08. The van der Waals surface area contributed by atoms with Gasteiger partial charge in [-0.15, -0.1) is 0 Å². The molecule has 0 fully saturated rings. The number of anilines is 1. The number of hydrogen-bond acceptors (Lipinski definition) is 3. The minimum absolute atomic E-state index is 0.128. The zero-order valence-corrected chi connectivity index (χ0v) is 9.61. The fourth-order valence-corrected chi connectivity index (χ4v) is 1.69. The van der Waals surface area contributed by atoms with Gasteiger partial charge in [-0.05, 0) is 23.8 Å². The summed E-state index contributed by atoms with van der Waals surface area (Å²) in [5.41, 5.74) is 12.6. The van der Waals surface area contributed by atoms with Crippen LogP contribution in [0.15, 0.2) is 36.5 Å². The van der Waals surface area contributed by atoms with Crippen LogP contribution in [0.4, 0.5) is 5.82 Å². The molecular formula is C12H10ClN3O. The Morgan fingerprint density at radius 3 is 2.65 bits per heavy atom. The quantitative estimate of drug-likeness (QED) is 0.852. The summed E-state index contributed by atoms with van der Waals surface area (Å²) in [4.78, 5) is 15.1. The van der Waals surface area contributed by atoms with E-state index in [1.54, 1.807) is 24.4 Å². The van der Waals surface area contributed by atoms with Crippen LogP contribution in [0.3, 0.4) is 0 Å². The Labute approximate surface area is 103 Å². The van der Waals surface area contributed by atoms with Crippen molar-refractivity contribution in [2.75, 3.05) is 5.73 Å². The third-order valence-electron chi connectivity index (χ3n) is 2.34. The zero-order valence-electron chi connectivity index (χ0n) is 8.85. The molecule has 0 aliphatic rings. The summed E-state index contributed by atoms with van der Waals surface area (Å²) in [6.45, 7) is 0. The second kappa shape index (κ2) is 4.43. The van der Waals surface area contributed by atoms with E-state index >= 15 is 0 Å². The summed E-state index contributed by atoms with van der Waals surface area (Å²) in [7, 11) is 0. The smallest absolute Gasteiger partial charge is 0.252 e. The van der Waals surface area contributed by atoms with E-state index < -0.39 is 5.91 Å². The van der Waals surface area contributed by atoms with Gasteiger partial charge in [0.05, 0.1) is 5.56 Å². The average molecular weight is 248 g/mol. The summed E-state index contributed by atoms with van der Waals surface area (Å²) in [5, 5.41) is 0.611. The minimum Gasteiger partial charge on any atom is -0.383 e. The van der Waals surface area contributed by atoms with Crippen molar-refractivity contribution in [2.45, 2.75) is 0 Å². The van der Waals surface area contributed by atoms with Gasteiger partial charge in [-0.25, -0.2) is 4.98 Å². The van der Waals surface area contributed by atoms with E-state index in [-0.39, 0.29) is 11.4 Å². The first-order valence-electron chi connectivity index (χ1n) is 4.89. The van der Waals surface area contributed by atoms with Crippen LogP contribution in [0, 0.1) is 0 Å². The van der Waals surface area contributed by atoms with Gasteiger partial charge < -0.3 is 11.5 Å². The van der Waals surface area contributed by atoms with Crippen molar-refractivity contribution in [3.05, 3.63) is 47.1 Å². The molecule has 1 aromatic heterocycles. The van der Waals surface area contributed by atoms with Gasteiger partial charge in [-0.3, -0.25) is 4.79 Å². The molecule has 0 aliphatic carbocycles. The Morgan fingerprint density at radius 2 is 2.00 bits per heavy atom. The maximum atomic E-state index is 11.1. The number of nitrogen functional groups attached to an aromatic ring is 1. The number of carbonyl (C=O) groups excluding carboxylic acids is 1. The van der Waals surface area contributed by atoms with Crippen LogP contribution < -0.4 is 11.5 Å². The van der Waals surface area contributed by atoms with Crippen molar-refractivity contribution in [1.82, 2.24) is 4.98 Å². The van der Waals surface area contributed by atoms with E-state index in [2.05, 4.69) is 4.98 Å². The fourth-order valence-electron chi connectivity index (χ4n) is 1.50. The highest BCUT2D eigenvalue weighted by molar-refractivity contribution is 6.30. The fraction of sp³-hybridized carbons (Fsp3) is 0. The first kappa shape index (κ1) is 11.4. The van der Waals surface area contributed by atoms with Crippen LogP contribution in [0.5, 0.6) is 0 Å². The normalized spacial score (nSPS) is 10.2. The molecule has 0 radical (unpaired) electrons. The highest BCUT2D eigenvalue weighted by atomic mass is 35.5. The van der Waals surface area contributed by atoms with Crippen molar-refractivity contribution in [1.29, 1.82) is 0 Å². The Kier molecular flexibility index (Phi) is 2.97. The number of halogens is 1. The van der Waals surface area contributed by atoms with E-state index in [1.807, 2.05) is 12.1 Å². The van der Waals surface area contributed by atoms with Gasteiger partial charge in [-0.1, -0.05) is 23.7 Å². The molecule has 0 atom stereocenters. The molecule has 1 amide bonds. The highest BCUT2D eigenvalue weighted by Crippen LogP contribution is 2.24. The average Bonchev–Trinajstić information content (AvgIpc) is 2.29. The molecule has 2 aromatic rings. The Bertz CT molecular complexity index is 584. The van der Waals surface area contributed by atoms with Crippen LogP contribution in [0.2, 0.25) is 5.02 Å². The van der Waals surface area contributed by atoms with Crippen LogP contribution in [-0.2, 0) is 0 Å². The van der Waals surface area contributed by atoms with Crippen LogP contribution >= 0.6 is 11.6 Å². The second-order valence-corrected chi connectivity index (χ2v) is 3.97. The number of primary amides is 1. The number of nitrogens with two attached hydrogens (primary N) is 2. The van der Waals surface area contributed by atoms with Gasteiger partial charge in [0.1, 0.15) is 5.82 Å². The summed E-state index contributed by atoms with van der Waals surface area (Å²) in [5.74, 6) is -0.470. The highest BCUT2D eigenvalue weighted by Gasteiger charge is 2.09. The van der Waals surface area contributed by atoms with Crippen molar-refractivity contribution >= 4 is 23.3 Å². The molecule has 2 rings (SSSR count). The Balaban J connectivity index is 2.54. The summed E-state index contributed by atoms with van der Waals surface area (Å²) in [6.07, 6.45) is 1.58. The first-order valence-corrected chi connectivity index (χ1v) is 5.27. The number of hydrogen-bond donors (Lipinski definition) is 2. The number of amides is 1. The van der Waals surface area contributed by atoms with E-state index in [4.69, 9.17) is 23.1 Å². The van der Waals surface area contributed by atoms with Crippen molar-refractivity contribution in [3.63, 3.8) is 0 Å². The lowest BCUT2D eigenvalue weighted by Crippen LogP contribution is -2.14. The van der Waals surface area contributed by atoms with Gasteiger partial charge in [0.15, 0.2) is 0 Å². The lowest BCUT2D eigenvalue weighted by molar-refractivity contribution is 0.100. The molecule has 1 aromatic carbocycles. The Morgan fingerprint density at radius 1 is 1.24 bits per heavy atom. The van der Waals surface area contributed by atoms with Crippen molar-refractivity contribution in [2.24, 2.45) is 5.73 Å². The maximum absolute atomic E-state index is 11.1. The van der Waals surface area contributed by atoms with Crippen LogP contribution in [0.1, 0.15) is 10.4 Å². The molecule has 1 heterocycles. The van der Waals surface area contributed by atoms with Crippen molar-refractivity contribution in [3.8, 4) is 11.1 Å². The van der Waals surface area contributed by atoms with Gasteiger partial charge >= 0.3 is 0 Å². The maximum Gasteiger partial charge on any atom is 0.252 e. The summed E-state index contributed by atoms with van der Waals surface area (Å²) >= 11 is 5.89. The molecule has 4 nitrogen and oxygen atoms in total. The number of nitrogens with zero attached hydrogens (tertiary/aromatic N) is 1. The SMILES string of the molecule is NC(=O)c1cc(-c2cccc(Cl)c2)cnc1N. The third-order valence-corrected chi connectivity index (χ3v) is 2.58. The third kappa shape index (κ3) is 2.37. The summed E-state index contributed by atoms with van der Waals surface area (Å²) < 4.78 is 0. The van der Waals surface area contributed by atoms with Crippen LogP contribution in [-0.4, -0.2) is 10.9 Å². The minimum atomic E-state index is -0.598. The van der Waals surface area contributed by atoms with Gasteiger partial charge in [0.25, 0.3) is 5.91 Å². The predicted molar refractivity (Wildman–Crippen MR) is 67.6 cm³/mol. The van der Waals surface area contributed by atoms with E-state index in [0.717, 1.165) is 11.1 Å². The molecular weight excluding hydrogens is 238 g/mol. The molecule has 0 saturated heterocycles. The molecule has 17 heavy (non-hydrogen) atoms. The predicted octanol–water partition coefficient (Wildman–Crippen LogP) is 2.08. The number of benzene rings is 1. The Hall–Kier alpha value is -2.07. The molecule has 0 unspecified atom stereocenters. The van der Waals surface area contributed by atoms with Gasteiger partial charge in [0.2, 0.25) is 0 Å². The van der Waals surface area contributed by atoms with Crippen molar-refractivity contribution < 1.29 is 4.79 Å². The monoisotopic (exact) mass is 247 g/mol. The molecule has 0 saturated carbocycles. The van der Waals surface area contributed by atoms with E-state index in [0.29, 0.717) is 5.02 Å². The lowest BCUT2D eigenvalue weighted by Gasteiger charge is -2.05. The zero-order chi connectivity index (χ0) is 12.4. The molecule has 86 valence electrons. The largest absolute Gasteiger partial charge is 0.383 e. The number of pyridine rings is 1. The molecule has 0 aliphatic heterocycles.